The van der Waals surface area contributed by atoms with Gasteiger partial charge in [0.25, 0.3) is 0 Å². The van der Waals surface area contributed by atoms with Gasteiger partial charge in [-0.1, -0.05) is 0 Å². The number of nitrogens with zero attached hydrogens (tertiary/aromatic N) is 2. The lowest BCUT2D eigenvalue weighted by molar-refractivity contribution is -0.139. The predicted octanol–water partition coefficient (Wildman–Crippen LogP) is -0.129. The standard InChI is InChI=1S/C10H18N2O3/c1-11(2)9(13)6-12(7-10(14)15)5-8-3-4-8/h8H,3-7H2,1-2H3,(H,14,15). The maximum Gasteiger partial charge on any atom is 0.317 e. The van der Waals surface area contributed by atoms with Gasteiger partial charge in [-0.05, 0) is 18.8 Å². The molecule has 0 spiro atoms. The van der Waals surface area contributed by atoms with Gasteiger partial charge in [0, 0.05) is 20.6 Å². The van der Waals surface area contributed by atoms with Crippen molar-refractivity contribution in [2.24, 2.45) is 5.92 Å². The van der Waals surface area contributed by atoms with Gasteiger partial charge in [-0.15, -0.1) is 0 Å². The molecule has 0 aromatic heterocycles. The molecule has 1 rings (SSSR count). The Kier molecular flexibility index (Phi) is 4.08. The van der Waals surface area contributed by atoms with E-state index in [1.165, 1.54) is 4.90 Å². The third kappa shape index (κ3) is 4.78. The Morgan fingerprint density at radius 2 is 1.87 bits per heavy atom. The van der Waals surface area contributed by atoms with E-state index in [4.69, 9.17) is 5.11 Å². The lowest BCUT2D eigenvalue weighted by Crippen LogP contribution is -2.40. The average molecular weight is 214 g/mol. The summed E-state index contributed by atoms with van der Waals surface area (Å²) in [5.41, 5.74) is 0. The Morgan fingerprint density at radius 1 is 1.27 bits per heavy atom. The molecular formula is C10H18N2O3. The molecule has 0 aliphatic heterocycles. The van der Waals surface area contributed by atoms with Crippen LogP contribution in [0.5, 0.6) is 0 Å². The minimum atomic E-state index is -0.873. The van der Waals surface area contributed by atoms with Crippen molar-refractivity contribution in [2.75, 3.05) is 33.7 Å². The summed E-state index contributed by atoms with van der Waals surface area (Å²) in [6.07, 6.45) is 2.32. The smallest absolute Gasteiger partial charge is 0.317 e. The van der Waals surface area contributed by atoms with E-state index in [0.717, 1.165) is 19.4 Å². The average Bonchev–Trinajstić information content (AvgIpc) is 2.86. The maximum absolute atomic E-state index is 11.4. The van der Waals surface area contributed by atoms with Crippen molar-refractivity contribution in [3.8, 4) is 0 Å². The van der Waals surface area contributed by atoms with Crippen LogP contribution >= 0.6 is 0 Å². The second kappa shape index (κ2) is 5.11. The van der Waals surface area contributed by atoms with Crippen LogP contribution in [0.2, 0.25) is 0 Å². The number of carbonyl (C=O) groups is 2. The fourth-order valence-electron chi connectivity index (χ4n) is 1.37. The number of hydrogen-bond acceptors (Lipinski definition) is 3. The summed E-state index contributed by atoms with van der Waals surface area (Å²) in [6, 6.07) is 0. The molecule has 0 aromatic rings. The minimum absolute atomic E-state index is 0.0445. The molecule has 0 bridgehead atoms. The van der Waals surface area contributed by atoms with Crippen molar-refractivity contribution in [2.45, 2.75) is 12.8 Å². The monoisotopic (exact) mass is 214 g/mol. The number of rotatable bonds is 6. The molecule has 1 aliphatic carbocycles. The molecule has 0 aromatic carbocycles. The van der Waals surface area contributed by atoms with E-state index < -0.39 is 5.97 Å². The van der Waals surface area contributed by atoms with Gasteiger partial charge in [0.2, 0.25) is 5.91 Å². The Labute approximate surface area is 89.7 Å². The van der Waals surface area contributed by atoms with Crippen molar-refractivity contribution < 1.29 is 14.7 Å². The van der Waals surface area contributed by atoms with Crippen LogP contribution in [0.15, 0.2) is 0 Å². The minimum Gasteiger partial charge on any atom is -0.480 e. The quantitative estimate of drug-likeness (QED) is 0.669. The number of carboxylic acid groups (broad SMARTS) is 1. The molecule has 86 valence electrons. The van der Waals surface area contributed by atoms with Crippen LogP contribution in [-0.2, 0) is 9.59 Å². The second-order valence-electron chi connectivity index (χ2n) is 4.29. The molecule has 0 saturated heterocycles. The summed E-state index contributed by atoms with van der Waals surface area (Å²) >= 11 is 0. The van der Waals surface area contributed by atoms with Crippen LogP contribution in [0, 0.1) is 5.92 Å². The first-order chi connectivity index (χ1) is 6.99. The van der Waals surface area contributed by atoms with E-state index in [1.807, 2.05) is 0 Å². The molecule has 0 heterocycles. The number of carboxylic acids is 1. The van der Waals surface area contributed by atoms with E-state index in [1.54, 1.807) is 19.0 Å². The lowest BCUT2D eigenvalue weighted by Gasteiger charge is -2.21. The Balaban J connectivity index is 2.39. The van der Waals surface area contributed by atoms with Gasteiger partial charge in [0.05, 0.1) is 13.1 Å². The number of aliphatic carboxylic acids is 1. The second-order valence-corrected chi connectivity index (χ2v) is 4.29. The van der Waals surface area contributed by atoms with Crippen molar-refractivity contribution in [3.63, 3.8) is 0 Å². The molecule has 0 atom stereocenters. The molecule has 1 amide bonds. The van der Waals surface area contributed by atoms with Gasteiger partial charge in [-0.25, -0.2) is 0 Å². The fourth-order valence-corrected chi connectivity index (χ4v) is 1.37. The highest BCUT2D eigenvalue weighted by Gasteiger charge is 2.26. The molecule has 0 radical (unpaired) electrons. The number of carbonyl (C=O) groups excluding carboxylic acids is 1. The molecule has 5 heteroatoms. The summed E-state index contributed by atoms with van der Waals surface area (Å²) in [6.45, 7) is 0.887. The lowest BCUT2D eigenvalue weighted by atomic mass is 10.3. The third-order valence-electron chi connectivity index (χ3n) is 2.43. The van der Waals surface area contributed by atoms with Gasteiger partial charge in [0.1, 0.15) is 0 Å². The van der Waals surface area contributed by atoms with Crippen molar-refractivity contribution in [3.05, 3.63) is 0 Å². The van der Waals surface area contributed by atoms with Crippen LogP contribution in [0.3, 0.4) is 0 Å². The zero-order valence-corrected chi connectivity index (χ0v) is 9.27. The fraction of sp³-hybridized carbons (Fsp3) is 0.800. The predicted molar refractivity (Wildman–Crippen MR) is 55.5 cm³/mol. The first kappa shape index (κ1) is 12.0. The summed E-state index contributed by atoms with van der Waals surface area (Å²) in [5.74, 6) is -0.321. The SMILES string of the molecule is CN(C)C(=O)CN(CC(=O)O)CC1CC1. The van der Waals surface area contributed by atoms with Gasteiger partial charge >= 0.3 is 5.97 Å². The summed E-state index contributed by atoms with van der Waals surface area (Å²) in [7, 11) is 3.36. The summed E-state index contributed by atoms with van der Waals surface area (Å²) in [5, 5.41) is 8.70. The summed E-state index contributed by atoms with van der Waals surface area (Å²) in [4.78, 5) is 25.2. The van der Waals surface area contributed by atoms with Crippen molar-refractivity contribution >= 4 is 11.9 Å². The van der Waals surface area contributed by atoms with E-state index in [0.29, 0.717) is 5.92 Å². The van der Waals surface area contributed by atoms with Gasteiger partial charge in [-0.3, -0.25) is 14.5 Å². The summed E-state index contributed by atoms with van der Waals surface area (Å²) < 4.78 is 0. The van der Waals surface area contributed by atoms with E-state index in [9.17, 15) is 9.59 Å². The van der Waals surface area contributed by atoms with Crippen molar-refractivity contribution in [1.82, 2.24) is 9.80 Å². The first-order valence-corrected chi connectivity index (χ1v) is 5.13. The molecule has 1 saturated carbocycles. The van der Waals surface area contributed by atoms with Crippen LogP contribution in [-0.4, -0.2) is 60.5 Å². The zero-order valence-electron chi connectivity index (χ0n) is 9.27. The molecule has 5 nitrogen and oxygen atoms in total. The van der Waals surface area contributed by atoms with Crippen molar-refractivity contribution in [1.29, 1.82) is 0 Å². The molecule has 1 N–H and O–H groups in total. The molecule has 15 heavy (non-hydrogen) atoms. The Bertz CT molecular complexity index is 249. The van der Waals surface area contributed by atoms with Crippen LogP contribution in [0.4, 0.5) is 0 Å². The topological polar surface area (TPSA) is 60.9 Å². The molecule has 0 unspecified atom stereocenters. The van der Waals surface area contributed by atoms with Gasteiger partial charge in [0.15, 0.2) is 0 Å². The Hall–Kier alpha value is -1.10. The number of likely N-dealkylation sites (N-methyl/N-ethyl adjacent to an activating group) is 1. The normalized spacial score (nSPS) is 15.4. The highest BCUT2D eigenvalue weighted by molar-refractivity contribution is 5.78. The zero-order chi connectivity index (χ0) is 11.4. The maximum atomic E-state index is 11.4. The van der Waals surface area contributed by atoms with Gasteiger partial charge < -0.3 is 10.0 Å². The molecular weight excluding hydrogens is 196 g/mol. The highest BCUT2D eigenvalue weighted by atomic mass is 16.4. The largest absolute Gasteiger partial charge is 0.480 e. The van der Waals surface area contributed by atoms with E-state index in [2.05, 4.69) is 0 Å². The number of hydrogen-bond donors (Lipinski definition) is 1. The van der Waals surface area contributed by atoms with Crippen LogP contribution in [0.25, 0.3) is 0 Å². The van der Waals surface area contributed by atoms with E-state index in [-0.39, 0.29) is 19.0 Å². The highest BCUT2D eigenvalue weighted by Crippen LogP contribution is 2.29. The molecule has 1 aliphatic rings. The number of amides is 1. The van der Waals surface area contributed by atoms with Gasteiger partial charge in [-0.2, -0.15) is 0 Å². The van der Waals surface area contributed by atoms with Crippen LogP contribution < -0.4 is 0 Å². The Morgan fingerprint density at radius 3 is 2.27 bits per heavy atom. The van der Waals surface area contributed by atoms with Crippen LogP contribution in [0.1, 0.15) is 12.8 Å². The van der Waals surface area contributed by atoms with E-state index >= 15 is 0 Å². The first-order valence-electron chi connectivity index (χ1n) is 5.13. The molecule has 1 fully saturated rings. The third-order valence-corrected chi connectivity index (χ3v) is 2.43.